The summed E-state index contributed by atoms with van der Waals surface area (Å²) in [5.74, 6) is -4.96. The molecule has 1 aliphatic heterocycles. The van der Waals surface area contributed by atoms with Gasteiger partial charge in [0.25, 0.3) is 0 Å². The number of rotatable bonds is 20. The molecule has 0 atom stereocenters. The number of carbonyl (C=O) groups is 6. The fourth-order valence-corrected chi connectivity index (χ4v) is 5.95. The molecule has 0 unspecified atom stereocenters. The Labute approximate surface area is 329 Å². The Morgan fingerprint density at radius 2 is 0.857 bits per heavy atom. The van der Waals surface area contributed by atoms with Gasteiger partial charge in [-0.2, -0.15) is 0 Å². The molecule has 0 saturated carbocycles. The van der Waals surface area contributed by atoms with Crippen LogP contribution in [0.5, 0.6) is 11.5 Å². The molecule has 2 aromatic carbocycles. The van der Waals surface area contributed by atoms with E-state index in [9.17, 15) is 9.59 Å². The van der Waals surface area contributed by atoms with Gasteiger partial charge in [-0.15, -0.1) is 0 Å². The van der Waals surface area contributed by atoms with Crippen molar-refractivity contribution in [3.05, 3.63) is 59.7 Å². The number of hydrogen-bond acceptors (Lipinski definition) is 10. The van der Waals surface area contributed by atoms with Gasteiger partial charge < -0.3 is 39.7 Å². The number of nitrogens with zero attached hydrogens (tertiary/aromatic N) is 4. The van der Waals surface area contributed by atoms with Gasteiger partial charge >= 0.3 is 23.9 Å². The summed E-state index contributed by atoms with van der Waals surface area (Å²) in [4.78, 5) is 70.8. The Hall–Kier alpha value is -5.22. The van der Waals surface area contributed by atoms with E-state index in [4.69, 9.17) is 49.1 Å². The Kier molecular flexibility index (Phi) is 24.6. The second-order valence-corrected chi connectivity index (χ2v) is 13.0. The maximum absolute atomic E-state index is 12.8. The molecule has 1 heterocycles. The van der Waals surface area contributed by atoms with Gasteiger partial charge in [-0.3, -0.25) is 19.4 Å². The molecule has 1 saturated heterocycles. The molecule has 0 spiro atoms. The van der Waals surface area contributed by atoms with Gasteiger partial charge in [0.1, 0.15) is 11.5 Å². The Bertz CT molecular complexity index is 1380. The number of amides is 2. The lowest BCUT2D eigenvalue weighted by Gasteiger charge is -2.35. The van der Waals surface area contributed by atoms with Crippen LogP contribution in [0.15, 0.2) is 48.5 Å². The molecular formula is C40H60N4O12. The first-order valence-electron chi connectivity index (χ1n) is 18.9. The fourth-order valence-electron chi connectivity index (χ4n) is 5.95. The van der Waals surface area contributed by atoms with Crippen molar-refractivity contribution in [3.63, 3.8) is 0 Å². The van der Waals surface area contributed by atoms with Gasteiger partial charge in [0.05, 0.1) is 14.2 Å². The third-order valence-electron chi connectivity index (χ3n) is 9.15. The number of carboxylic acid groups (broad SMARTS) is 4. The van der Waals surface area contributed by atoms with Crippen molar-refractivity contribution in [1.29, 1.82) is 0 Å². The summed E-state index contributed by atoms with van der Waals surface area (Å²) in [5.41, 5.74) is 2.42. The summed E-state index contributed by atoms with van der Waals surface area (Å²) in [6.07, 6.45) is 7.27. The monoisotopic (exact) mass is 788 g/mol. The van der Waals surface area contributed by atoms with Crippen LogP contribution in [0, 0.1) is 0 Å². The number of aliphatic carboxylic acids is 4. The van der Waals surface area contributed by atoms with Crippen LogP contribution in [0.4, 0.5) is 0 Å². The predicted molar refractivity (Wildman–Crippen MR) is 209 cm³/mol. The molecule has 0 bridgehead atoms. The zero-order valence-electron chi connectivity index (χ0n) is 33.2. The first-order valence-corrected chi connectivity index (χ1v) is 18.9. The number of ether oxygens (including phenoxy) is 2. The van der Waals surface area contributed by atoms with Crippen molar-refractivity contribution < 1.29 is 58.7 Å². The van der Waals surface area contributed by atoms with E-state index in [0.29, 0.717) is 39.0 Å². The van der Waals surface area contributed by atoms with Crippen LogP contribution in [0.3, 0.4) is 0 Å². The van der Waals surface area contributed by atoms with E-state index in [1.54, 1.807) is 14.2 Å². The van der Waals surface area contributed by atoms with Gasteiger partial charge in [-0.25, -0.2) is 19.2 Å². The molecule has 0 aliphatic carbocycles. The minimum Gasteiger partial charge on any atom is -0.496 e. The Morgan fingerprint density at radius 3 is 1.14 bits per heavy atom. The van der Waals surface area contributed by atoms with Crippen LogP contribution >= 0.6 is 0 Å². The number of carboxylic acids is 4. The number of hydrogen-bond donors (Lipinski definition) is 4. The number of carbonyl (C=O) groups excluding carboxylic acids is 2. The second kappa shape index (κ2) is 28.2. The molecule has 1 aliphatic rings. The van der Waals surface area contributed by atoms with Crippen LogP contribution < -0.4 is 9.47 Å². The van der Waals surface area contributed by atoms with Gasteiger partial charge in [0.15, 0.2) is 0 Å². The van der Waals surface area contributed by atoms with Crippen molar-refractivity contribution in [1.82, 2.24) is 19.6 Å². The number of methoxy groups -OCH3 is 2. The first-order chi connectivity index (χ1) is 26.8. The number of unbranched alkanes of at least 4 members (excludes halogenated alkanes) is 4. The second-order valence-electron chi connectivity index (χ2n) is 13.0. The molecule has 2 aromatic rings. The largest absolute Gasteiger partial charge is 0.496 e. The maximum Gasteiger partial charge on any atom is 0.414 e. The van der Waals surface area contributed by atoms with Crippen LogP contribution in [0.2, 0.25) is 0 Å². The van der Waals surface area contributed by atoms with E-state index < -0.39 is 23.9 Å². The first kappa shape index (κ1) is 48.8. The lowest BCUT2D eigenvalue weighted by molar-refractivity contribution is -0.159. The van der Waals surface area contributed by atoms with Crippen LogP contribution in [0.1, 0.15) is 76.3 Å². The highest BCUT2D eigenvalue weighted by Gasteiger charge is 2.23. The topological polar surface area (TPSA) is 215 Å². The zero-order chi connectivity index (χ0) is 41.9. The third kappa shape index (κ3) is 19.9. The van der Waals surface area contributed by atoms with Gasteiger partial charge in [0, 0.05) is 63.2 Å². The fraction of sp³-hybridized carbons (Fsp3) is 0.550. The van der Waals surface area contributed by atoms with Gasteiger partial charge in [-0.1, -0.05) is 63.1 Å². The van der Waals surface area contributed by atoms with Gasteiger partial charge in [-0.05, 0) is 64.0 Å². The van der Waals surface area contributed by atoms with Crippen molar-refractivity contribution in [2.45, 2.75) is 78.3 Å². The smallest absolute Gasteiger partial charge is 0.414 e. The van der Waals surface area contributed by atoms with Crippen molar-refractivity contribution in [2.75, 3.05) is 66.6 Å². The van der Waals surface area contributed by atoms with Gasteiger partial charge in [0.2, 0.25) is 11.8 Å². The molecule has 312 valence electrons. The molecule has 3 rings (SSSR count). The number of piperazine rings is 1. The molecule has 0 aromatic heterocycles. The molecule has 56 heavy (non-hydrogen) atoms. The van der Waals surface area contributed by atoms with Crippen LogP contribution in [0.25, 0.3) is 0 Å². The molecule has 4 N–H and O–H groups in total. The highest BCUT2D eigenvalue weighted by atomic mass is 16.5. The highest BCUT2D eigenvalue weighted by Crippen LogP contribution is 2.21. The quantitative estimate of drug-likeness (QED) is 0.110. The normalized spacial score (nSPS) is 12.2. The minimum atomic E-state index is -1.82. The molecule has 2 amide bonds. The summed E-state index contributed by atoms with van der Waals surface area (Å²) < 4.78 is 11.0. The van der Waals surface area contributed by atoms with E-state index in [2.05, 4.69) is 47.9 Å². The van der Waals surface area contributed by atoms with E-state index in [-0.39, 0.29) is 11.8 Å². The summed E-state index contributed by atoms with van der Waals surface area (Å²) >= 11 is 0. The van der Waals surface area contributed by atoms with Crippen molar-refractivity contribution in [3.8, 4) is 11.5 Å². The average Bonchev–Trinajstić information content (AvgIpc) is 3.20. The predicted octanol–water partition coefficient (Wildman–Crippen LogP) is 4.15. The molecule has 16 nitrogen and oxygen atoms in total. The van der Waals surface area contributed by atoms with Crippen LogP contribution in [-0.4, -0.2) is 142 Å². The molecular weight excluding hydrogens is 728 g/mol. The van der Waals surface area contributed by atoms with Crippen molar-refractivity contribution >= 4 is 35.7 Å². The van der Waals surface area contributed by atoms with Crippen LogP contribution in [-0.2, 0) is 41.9 Å². The summed E-state index contributed by atoms with van der Waals surface area (Å²) in [7, 11) is 3.44. The van der Waals surface area contributed by atoms with E-state index in [1.807, 2.05) is 34.1 Å². The zero-order valence-corrected chi connectivity index (χ0v) is 33.2. The Balaban J connectivity index is 0.00000113. The SMILES string of the molecule is CCN(CCCCCC(=O)N1CCN(C(=O)CCCCCN(CC)Cc2ccccc2OC)CC1)Cc1ccccc1OC.O=C(O)C(=O)O.O=C(O)C(=O)O. The molecule has 0 radical (unpaired) electrons. The minimum absolute atomic E-state index is 0.229. The maximum atomic E-state index is 12.8. The Morgan fingerprint density at radius 1 is 0.536 bits per heavy atom. The van der Waals surface area contributed by atoms with E-state index in [1.165, 1.54) is 11.1 Å². The molecule has 16 heteroatoms. The lowest BCUT2D eigenvalue weighted by atomic mass is 10.1. The third-order valence-corrected chi connectivity index (χ3v) is 9.15. The lowest BCUT2D eigenvalue weighted by Crippen LogP contribution is -2.50. The summed E-state index contributed by atoms with van der Waals surface area (Å²) in [6, 6.07) is 16.4. The number of benzene rings is 2. The summed E-state index contributed by atoms with van der Waals surface area (Å²) in [6.45, 7) is 12.8. The highest BCUT2D eigenvalue weighted by molar-refractivity contribution is 6.27. The van der Waals surface area contributed by atoms with Crippen molar-refractivity contribution in [2.24, 2.45) is 0 Å². The molecule has 1 fully saturated rings. The standard InChI is InChI=1S/C36H56N4O4.2C2H2O4/c1-5-37(29-31-17-11-13-19-33(31)43-3)23-15-7-9-21-35(41)39-25-27-40(28-26-39)36(42)22-10-8-16-24-38(6-2)30-32-18-12-14-20-34(32)44-4;2*3-1(4)2(5)6/h11-14,17-20H,5-10,15-16,21-30H2,1-4H3;2*(H,3,4)(H,5,6). The van der Waals surface area contributed by atoms with E-state index in [0.717, 1.165) is 89.3 Å². The van der Waals surface area contributed by atoms with E-state index >= 15 is 0 Å². The summed E-state index contributed by atoms with van der Waals surface area (Å²) in [5, 5.41) is 29.6. The average molecular weight is 789 g/mol. The number of para-hydroxylation sites is 2.